The molecule has 2 rings (SSSR count). The molecule has 0 saturated carbocycles. The molecule has 0 heterocycles. The molecule has 4 nitrogen and oxygen atoms in total. The van der Waals surface area contributed by atoms with Crippen LogP contribution in [0.4, 0.5) is 10.1 Å². The number of nitrogens with one attached hydrogen (secondary N) is 1. The molecule has 0 bridgehead atoms. The van der Waals surface area contributed by atoms with Crippen molar-refractivity contribution in [3.8, 4) is 0 Å². The summed E-state index contributed by atoms with van der Waals surface area (Å²) in [5.74, 6) is -2.41. The van der Waals surface area contributed by atoms with Crippen LogP contribution in [-0.2, 0) is 0 Å². The summed E-state index contributed by atoms with van der Waals surface area (Å²) in [6.07, 6.45) is 0. The Kier molecular flexibility index (Phi) is 4.56. The summed E-state index contributed by atoms with van der Waals surface area (Å²) in [6.45, 7) is 4.07. The first-order chi connectivity index (χ1) is 10.4. The van der Waals surface area contributed by atoms with Crippen LogP contribution >= 0.6 is 0 Å². The molecule has 2 N–H and O–H groups in total. The van der Waals surface area contributed by atoms with Crippen molar-refractivity contribution in [2.24, 2.45) is 0 Å². The number of carboxylic acids is 1. The fourth-order valence-electron chi connectivity index (χ4n) is 2.01. The maximum Gasteiger partial charge on any atom is 0.335 e. The van der Waals surface area contributed by atoms with Gasteiger partial charge in [-0.1, -0.05) is 26.0 Å². The van der Waals surface area contributed by atoms with Gasteiger partial charge in [0.1, 0.15) is 5.82 Å². The Bertz CT molecular complexity index is 726. The maximum absolute atomic E-state index is 13.8. The Labute approximate surface area is 127 Å². The first kappa shape index (κ1) is 15.7. The third-order valence-corrected chi connectivity index (χ3v) is 3.27. The summed E-state index contributed by atoms with van der Waals surface area (Å²) >= 11 is 0. The summed E-state index contributed by atoms with van der Waals surface area (Å²) in [5.41, 5.74) is 1.23. The average Bonchev–Trinajstić information content (AvgIpc) is 2.47. The number of hydrogen-bond acceptors (Lipinski definition) is 2. The number of carbonyl (C=O) groups is 2. The van der Waals surface area contributed by atoms with Gasteiger partial charge in [-0.2, -0.15) is 0 Å². The van der Waals surface area contributed by atoms with Crippen molar-refractivity contribution in [3.05, 3.63) is 65.0 Å². The summed E-state index contributed by atoms with van der Waals surface area (Å²) < 4.78 is 13.8. The Balaban J connectivity index is 2.22. The smallest absolute Gasteiger partial charge is 0.335 e. The molecule has 2 aromatic carbocycles. The average molecular weight is 301 g/mol. The highest BCUT2D eigenvalue weighted by molar-refractivity contribution is 6.05. The lowest BCUT2D eigenvalue weighted by atomic mass is 10.0. The Morgan fingerprint density at radius 2 is 1.86 bits per heavy atom. The molecule has 0 aliphatic rings. The van der Waals surface area contributed by atoms with E-state index in [1.165, 1.54) is 12.1 Å². The molecular formula is C17H16FNO3. The Morgan fingerprint density at radius 1 is 1.14 bits per heavy atom. The van der Waals surface area contributed by atoms with Crippen LogP contribution in [0.15, 0.2) is 42.5 Å². The minimum absolute atomic E-state index is 0.194. The molecule has 5 heteroatoms. The molecular weight excluding hydrogens is 285 g/mol. The number of carbonyl (C=O) groups excluding carboxylic acids is 1. The predicted octanol–water partition coefficient (Wildman–Crippen LogP) is 3.90. The van der Waals surface area contributed by atoms with E-state index in [0.29, 0.717) is 11.6 Å². The number of halogens is 1. The van der Waals surface area contributed by atoms with Crippen molar-refractivity contribution in [2.45, 2.75) is 19.8 Å². The minimum Gasteiger partial charge on any atom is -0.478 e. The van der Waals surface area contributed by atoms with Gasteiger partial charge in [0.15, 0.2) is 0 Å². The second-order valence-electron chi connectivity index (χ2n) is 5.23. The van der Waals surface area contributed by atoms with Crippen LogP contribution in [0.25, 0.3) is 0 Å². The highest BCUT2D eigenvalue weighted by Crippen LogP contribution is 2.20. The number of amides is 1. The molecule has 2 aromatic rings. The van der Waals surface area contributed by atoms with E-state index in [-0.39, 0.29) is 11.1 Å². The van der Waals surface area contributed by atoms with Gasteiger partial charge >= 0.3 is 5.97 Å². The van der Waals surface area contributed by atoms with E-state index in [2.05, 4.69) is 5.32 Å². The van der Waals surface area contributed by atoms with Crippen LogP contribution in [0.1, 0.15) is 46.0 Å². The lowest BCUT2D eigenvalue weighted by Gasteiger charge is -2.10. The van der Waals surface area contributed by atoms with Crippen LogP contribution in [0.2, 0.25) is 0 Å². The lowest BCUT2D eigenvalue weighted by molar-refractivity contribution is 0.0695. The van der Waals surface area contributed by atoms with Gasteiger partial charge < -0.3 is 10.4 Å². The van der Waals surface area contributed by atoms with E-state index in [4.69, 9.17) is 5.11 Å². The fraction of sp³-hybridized carbons (Fsp3) is 0.176. The molecule has 0 fully saturated rings. The topological polar surface area (TPSA) is 66.4 Å². The van der Waals surface area contributed by atoms with E-state index in [1.807, 2.05) is 32.0 Å². The third kappa shape index (κ3) is 3.49. The van der Waals surface area contributed by atoms with Crippen molar-refractivity contribution >= 4 is 17.6 Å². The Morgan fingerprint density at radius 3 is 2.45 bits per heavy atom. The van der Waals surface area contributed by atoms with Crippen LogP contribution in [0.5, 0.6) is 0 Å². The molecule has 114 valence electrons. The predicted molar refractivity (Wildman–Crippen MR) is 81.8 cm³/mol. The second-order valence-corrected chi connectivity index (χ2v) is 5.23. The molecule has 0 unspecified atom stereocenters. The van der Waals surface area contributed by atoms with Gasteiger partial charge in [-0.25, -0.2) is 9.18 Å². The zero-order valence-corrected chi connectivity index (χ0v) is 12.3. The zero-order valence-electron chi connectivity index (χ0n) is 12.3. The highest BCUT2D eigenvalue weighted by Gasteiger charge is 2.15. The van der Waals surface area contributed by atoms with Crippen LogP contribution < -0.4 is 5.32 Å². The SMILES string of the molecule is CC(C)c1cccc(NC(=O)c2ccc(C(=O)O)cc2F)c1. The van der Waals surface area contributed by atoms with E-state index < -0.39 is 17.7 Å². The summed E-state index contributed by atoms with van der Waals surface area (Å²) in [6, 6.07) is 10.5. The van der Waals surface area contributed by atoms with Gasteiger partial charge in [-0.3, -0.25) is 4.79 Å². The molecule has 1 amide bonds. The third-order valence-electron chi connectivity index (χ3n) is 3.27. The summed E-state index contributed by atoms with van der Waals surface area (Å²) in [5, 5.41) is 11.4. The molecule has 0 saturated heterocycles. The number of aromatic carboxylic acids is 1. The molecule has 22 heavy (non-hydrogen) atoms. The van der Waals surface area contributed by atoms with Crippen LogP contribution in [0.3, 0.4) is 0 Å². The number of carboxylic acid groups (broad SMARTS) is 1. The van der Waals surface area contributed by atoms with E-state index >= 15 is 0 Å². The quantitative estimate of drug-likeness (QED) is 0.900. The van der Waals surface area contributed by atoms with E-state index in [9.17, 15) is 14.0 Å². The minimum atomic E-state index is -1.24. The molecule has 0 atom stereocenters. The van der Waals surface area contributed by atoms with Gasteiger partial charge in [0.05, 0.1) is 11.1 Å². The van der Waals surface area contributed by atoms with Gasteiger partial charge in [0.2, 0.25) is 0 Å². The highest BCUT2D eigenvalue weighted by atomic mass is 19.1. The lowest BCUT2D eigenvalue weighted by Crippen LogP contribution is -2.14. The normalized spacial score (nSPS) is 10.5. The maximum atomic E-state index is 13.8. The monoisotopic (exact) mass is 301 g/mol. The molecule has 0 aromatic heterocycles. The first-order valence-electron chi connectivity index (χ1n) is 6.82. The standard InChI is InChI=1S/C17H16FNO3/c1-10(2)11-4-3-5-13(8-11)19-16(20)14-7-6-12(17(21)22)9-15(14)18/h3-10H,1-2H3,(H,19,20)(H,21,22). The van der Waals surface area contributed by atoms with Crippen LogP contribution in [-0.4, -0.2) is 17.0 Å². The number of anilines is 1. The Hall–Kier alpha value is -2.69. The second kappa shape index (κ2) is 6.39. The number of rotatable bonds is 4. The summed E-state index contributed by atoms with van der Waals surface area (Å²) in [4.78, 5) is 22.9. The van der Waals surface area contributed by atoms with Crippen molar-refractivity contribution < 1.29 is 19.1 Å². The van der Waals surface area contributed by atoms with Crippen molar-refractivity contribution in [2.75, 3.05) is 5.32 Å². The van der Waals surface area contributed by atoms with Crippen LogP contribution in [0, 0.1) is 5.82 Å². The first-order valence-corrected chi connectivity index (χ1v) is 6.82. The van der Waals surface area contributed by atoms with E-state index in [0.717, 1.165) is 11.6 Å². The fourth-order valence-corrected chi connectivity index (χ4v) is 2.01. The molecule has 0 radical (unpaired) electrons. The van der Waals surface area contributed by atoms with Gasteiger partial charge in [0, 0.05) is 5.69 Å². The summed E-state index contributed by atoms with van der Waals surface area (Å²) in [7, 11) is 0. The van der Waals surface area contributed by atoms with Crippen molar-refractivity contribution in [3.63, 3.8) is 0 Å². The zero-order chi connectivity index (χ0) is 16.3. The largest absolute Gasteiger partial charge is 0.478 e. The molecule has 0 aliphatic carbocycles. The van der Waals surface area contributed by atoms with Crippen molar-refractivity contribution in [1.29, 1.82) is 0 Å². The number of hydrogen-bond donors (Lipinski definition) is 2. The van der Waals surface area contributed by atoms with Gasteiger partial charge in [-0.15, -0.1) is 0 Å². The van der Waals surface area contributed by atoms with Gasteiger partial charge in [0.25, 0.3) is 5.91 Å². The van der Waals surface area contributed by atoms with Gasteiger partial charge in [-0.05, 0) is 41.8 Å². The molecule has 0 aliphatic heterocycles. The molecule has 0 spiro atoms. The van der Waals surface area contributed by atoms with Crippen molar-refractivity contribution in [1.82, 2.24) is 0 Å². The number of benzene rings is 2. The van der Waals surface area contributed by atoms with E-state index in [1.54, 1.807) is 6.07 Å².